The summed E-state index contributed by atoms with van der Waals surface area (Å²) in [5.74, 6) is -0.185. The molecule has 3 amide bonds. The molecule has 0 aliphatic carbocycles. The summed E-state index contributed by atoms with van der Waals surface area (Å²) in [6.07, 6.45) is 2.95. The third-order valence-corrected chi connectivity index (χ3v) is 3.09. The van der Waals surface area contributed by atoms with Gasteiger partial charge in [-0.3, -0.25) is 9.69 Å². The molecule has 22 heavy (non-hydrogen) atoms. The average molecular weight is 304 g/mol. The van der Waals surface area contributed by atoms with E-state index in [4.69, 9.17) is 9.47 Å². The van der Waals surface area contributed by atoms with Gasteiger partial charge in [-0.25, -0.2) is 4.79 Å². The normalized spacial score (nSPS) is 15.9. The Morgan fingerprint density at radius 2 is 1.86 bits per heavy atom. The zero-order valence-corrected chi connectivity index (χ0v) is 12.3. The van der Waals surface area contributed by atoms with E-state index >= 15 is 0 Å². The van der Waals surface area contributed by atoms with Gasteiger partial charge in [-0.2, -0.15) is 0 Å². The molecule has 0 atom stereocenters. The SMILES string of the molecule is C=CCN1C(=O)N/C(=C/c2cc(OC)c(O)c(OC)c2)C1=O. The molecule has 0 spiro atoms. The molecule has 2 rings (SSSR count). The zero-order chi connectivity index (χ0) is 16.3. The molecule has 7 nitrogen and oxygen atoms in total. The van der Waals surface area contributed by atoms with Crippen molar-refractivity contribution in [1.82, 2.24) is 10.2 Å². The topological polar surface area (TPSA) is 88.1 Å². The maximum Gasteiger partial charge on any atom is 0.329 e. The Bertz CT molecular complexity index is 641. The summed E-state index contributed by atoms with van der Waals surface area (Å²) >= 11 is 0. The van der Waals surface area contributed by atoms with Gasteiger partial charge in [0.05, 0.1) is 14.2 Å². The van der Waals surface area contributed by atoms with Gasteiger partial charge in [0.1, 0.15) is 5.70 Å². The van der Waals surface area contributed by atoms with Crippen LogP contribution in [-0.4, -0.2) is 42.7 Å². The van der Waals surface area contributed by atoms with Crippen molar-refractivity contribution in [3.8, 4) is 17.2 Å². The van der Waals surface area contributed by atoms with Gasteiger partial charge in [0.15, 0.2) is 11.5 Å². The first-order chi connectivity index (χ1) is 10.5. The van der Waals surface area contributed by atoms with Gasteiger partial charge in [0.2, 0.25) is 5.75 Å². The van der Waals surface area contributed by atoms with E-state index in [1.54, 1.807) is 0 Å². The Morgan fingerprint density at radius 1 is 1.27 bits per heavy atom. The van der Waals surface area contributed by atoms with Crippen molar-refractivity contribution in [2.75, 3.05) is 20.8 Å². The highest BCUT2D eigenvalue weighted by molar-refractivity contribution is 6.14. The largest absolute Gasteiger partial charge is 0.502 e. The van der Waals surface area contributed by atoms with Gasteiger partial charge >= 0.3 is 6.03 Å². The van der Waals surface area contributed by atoms with Crippen molar-refractivity contribution < 1.29 is 24.2 Å². The molecule has 1 saturated heterocycles. The predicted molar refractivity (Wildman–Crippen MR) is 79.6 cm³/mol. The van der Waals surface area contributed by atoms with E-state index < -0.39 is 11.9 Å². The minimum Gasteiger partial charge on any atom is -0.502 e. The summed E-state index contributed by atoms with van der Waals surface area (Å²) in [6.45, 7) is 3.63. The fourth-order valence-electron chi connectivity index (χ4n) is 2.03. The number of nitrogens with zero attached hydrogens (tertiary/aromatic N) is 1. The molecule has 0 saturated carbocycles. The molecule has 0 aromatic heterocycles. The standard InChI is InChI=1S/C15H16N2O5/c1-4-5-17-14(19)10(16-15(17)20)6-9-7-11(21-2)13(18)12(8-9)22-3/h4,6-8,18H,1,5H2,2-3H3,(H,16,20)/b10-6+. The summed E-state index contributed by atoms with van der Waals surface area (Å²) < 4.78 is 10.1. The second-order valence-corrected chi connectivity index (χ2v) is 4.47. The molecule has 1 heterocycles. The fraction of sp³-hybridized carbons (Fsp3) is 0.200. The maximum absolute atomic E-state index is 12.1. The van der Waals surface area contributed by atoms with Crippen LogP contribution in [0.15, 0.2) is 30.5 Å². The van der Waals surface area contributed by atoms with Crippen LogP contribution in [0, 0.1) is 0 Å². The molecular formula is C15H16N2O5. The van der Waals surface area contributed by atoms with Crippen LogP contribution < -0.4 is 14.8 Å². The van der Waals surface area contributed by atoms with E-state index in [1.165, 1.54) is 38.5 Å². The smallest absolute Gasteiger partial charge is 0.329 e. The number of phenols is 1. The number of urea groups is 1. The Kier molecular flexibility index (Phi) is 4.36. The van der Waals surface area contributed by atoms with E-state index in [1.807, 2.05) is 0 Å². The van der Waals surface area contributed by atoms with Crippen LogP contribution in [0.5, 0.6) is 17.2 Å². The van der Waals surface area contributed by atoms with Crippen LogP contribution in [0.1, 0.15) is 5.56 Å². The molecule has 1 aliphatic heterocycles. The minimum atomic E-state index is -0.506. The second kappa shape index (κ2) is 6.21. The summed E-state index contributed by atoms with van der Waals surface area (Å²) in [5, 5.41) is 12.3. The van der Waals surface area contributed by atoms with Gasteiger partial charge in [0.25, 0.3) is 5.91 Å². The molecule has 1 aromatic carbocycles. The fourth-order valence-corrected chi connectivity index (χ4v) is 2.03. The van der Waals surface area contributed by atoms with Gasteiger partial charge in [-0.15, -0.1) is 6.58 Å². The van der Waals surface area contributed by atoms with E-state index in [-0.39, 0.29) is 29.5 Å². The van der Waals surface area contributed by atoms with Gasteiger partial charge < -0.3 is 19.9 Å². The molecule has 2 N–H and O–H groups in total. The van der Waals surface area contributed by atoms with E-state index in [0.717, 1.165) is 4.90 Å². The van der Waals surface area contributed by atoms with Gasteiger partial charge in [-0.05, 0) is 23.8 Å². The third-order valence-electron chi connectivity index (χ3n) is 3.09. The van der Waals surface area contributed by atoms with Crippen LogP contribution in [0.3, 0.4) is 0 Å². The van der Waals surface area contributed by atoms with Crippen molar-refractivity contribution >= 4 is 18.0 Å². The first-order valence-corrected chi connectivity index (χ1v) is 6.42. The number of hydrogen-bond acceptors (Lipinski definition) is 5. The van der Waals surface area contributed by atoms with E-state index in [2.05, 4.69) is 11.9 Å². The third kappa shape index (κ3) is 2.73. The van der Waals surface area contributed by atoms with Crippen LogP contribution >= 0.6 is 0 Å². The Balaban J connectivity index is 2.39. The first kappa shape index (κ1) is 15.4. The number of nitrogens with one attached hydrogen (secondary N) is 1. The molecular weight excluding hydrogens is 288 g/mol. The van der Waals surface area contributed by atoms with Crippen molar-refractivity contribution in [2.24, 2.45) is 0 Å². The highest BCUT2D eigenvalue weighted by Crippen LogP contribution is 2.37. The number of amides is 3. The highest BCUT2D eigenvalue weighted by atomic mass is 16.5. The first-order valence-electron chi connectivity index (χ1n) is 6.42. The summed E-state index contributed by atoms with van der Waals surface area (Å²) in [4.78, 5) is 24.8. The Labute approximate surface area is 127 Å². The number of ether oxygens (including phenoxy) is 2. The van der Waals surface area contributed by atoms with E-state index in [0.29, 0.717) is 5.56 Å². The number of phenolic OH excluding ortho intramolecular Hbond substituents is 1. The highest BCUT2D eigenvalue weighted by Gasteiger charge is 2.32. The molecule has 0 radical (unpaired) electrons. The van der Waals surface area contributed by atoms with Crippen molar-refractivity contribution in [3.63, 3.8) is 0 Å². The number of carbonyl (C=O) groups is 2. The van der Waals surface area contributed by atoms with E-state index in [9.17, 15) is 14.7 Å². The Morgan fingerprint density at radius 3 is 2.36 bits per heavy atom. The van der Waals surface area contributed by atoms with Crippen molar-refractivity contribution in [2.45, 2.75) is 0 Å². The Hall–Kier alpha value is -2.96. The molecule has 116 valence electrons. The lowest BCUT2D eigenvalue weighted by molar-refractivity contribution is -0.122. The number of benzene rings is 1. The molecule has 0 unspecified atom stereocenters. The van der Waals surface area contributed by atoms with Gasteiger partial charge in [-0.1, -0.05) is 6.08 Å². The number of rotatable bonds is 5. The molecule has 0 bridgehead atoms. The zero-order valence-electron chi connectivity index (χ0n) is 12.3. The van der Waals surface area contributed by atoms with Gasteiger partial charge in [0, 0.05) is 6.54 Å². The van der Waals surface area contributed by atoms with Crippen molar-refractivity contribution in [1.29, 1.82) is 0 Å². The average Bonchev–Trinajstić information content (AvgIpc) is 2.76. The lowest BCUT2D eigenvalue weighted by atomic mass is 10.1. The van der Waals surface area contributed by atoms with Crippen molar-refractivity contribution in [3.05, 3.63) is 36.0 Å². The second-order valence-electron chi connectivity index (χ2n) is 4.47. The summed E-state index contributed by atoms with van der Waals surface area (Å²) in [7, 11) is 2.81. The lowest BCUT2D eigenvalue weighted by Crippen LogP contribution is -2.30. The number of carbonyl (C=O) groups excluding carboxylic acids is 2. The monoisotopic (exact) mass is 304 g/mol. The molecule has 1 aliphatic rings. The summed E-state index contributed by atoms with van der Waals surface area (Å²) in [5.41, 5.74) is 0.664. The summed E-state index contributed by atoms with van der Waals surface area (Å²) in [6, 6.07) is 2.55. The van der Waals surface area contributed by atoms with Crippen LogP contribution in [0.2, 0.25) is 0 Å². The van der Waals surface area contributed by atoms with Crippen LogP contribution in [0.25, 0.3) is 6.08 Å². The maximum atomic E-state index is 12.1. The van der Waals surface area contributed by atoms with Crippen LogP contribution in [-0.2, 0) is 4.79 Å². The number of methoxy groups -OCH3 is 2. The lowest BCUT2D eigenvalue weighted by Gasteiger charge is -2.09. The van der Waals surface area contributed by atoms with Crippen LogP contribution in [0.4, 0.5) is 4.79 Å². The number of imide groups is 1. The molecule has 1 aromatic rings. The predicted octanol–water partition coefficient (Wildman–Crippen LogP) is 1.49. The number of aromatic hydroxyl groups is 1. The molecule has 1 fully saturated rings. The minimum absolute atomic E-state index is 0.127. The molecule has 7 heteroatoms. The quantitative estimate of drug-likeness (QED) is 0.489. The number of hydrogen-bond donors (Lipinski definition) is 2.